The minimum atomic E-state index is -0.0889. The summed E-state index contributed by atoms with van der Waals surface area (Å²) in [6.45, 7) is 6.28. The van der Waals surface area contributed by atoms with Gasteiger partial charge in [0.2, 0.25) is 5.95 Å². The number of ether oxygens (including phenoxy) is 3. The van der Waals surface area contributed by atoms with Gasteiger partial charge in [-0.05, 0) is 49.2 Å². The summed E-state index contributed by atoms with van der Waals surface area (Å²) in [5.41, 5.74) is 9.62. The van der Waals surface area contributed by atoms with Crippen molar-refractivity contribution in [2.24, 2.45) is 0 Å². The fourth-order valence-electron chi connectivity index (χ4n) is 4.80. The van der Waals surface area contributed by atoms with E-state index >= 15 is 0 Å². The summed E-state index contributed by atoms with van der Waals surface area (Å²) in [4.78, 5) is 26.5. The van der Waals surface area contributed by atoms with Gasteiger partial charge in [0.05, 0.1) is 19.7 Å². The Morgan fingerprint density at radius 3 is 2.26 bits per heavy atom. The second-order valence-corrected chi connectivity index (χ2v) is 9.56. The van der Waals surface area contributed by atoms with E-state index in [-0.39, 0.29) is 12.0 Å². The number of amides is 1. The van der Waals surface area contributed by atoms with Crippen LogP contribution in [0, 0.1) is 6.92 Å². The number of nitrogen functional groups attached to an aromatic ring is 1. The predicted molar refractivity (Wildman–Crippen MR) is 152 cm³/mol. The molecule has 0 radical (unpaired) electrons. The maximum atomic E-state index is 13.3. The summed E-state index contributed by atoms with van der Waals surface area (Å²) in [6.07, 6.45) is -0.0889. The molecule has 202 valence electrons. The first kappa shape index (κ1) is 26.1. The monoisotopic (exact) mass is 527 g/mol. The van der Waals surface area contributed by atoms with Crippen molar-refractivity contribution in [1.29, 1.82) is 0 Å². The van der Waals surface area contributed by atoms with Gasteiger partial charge >= 0.3 is 0 Å². The Hall–Kier alpha value is -4.53. The number of fused-ring (bicyclic) bond motifs is 1. The highest BCUT2D eigenvalue weighted by molar-refractivity contribution is 5.95. The zero-order valence-electron chi connectivity index (χ0n) is 22.7. The van der Waals surface area contributed by atoms with E-state index in [1.54, 1.807) is 26.4 Å². The number of benzene rings is 3. The van der Waals surface area contributed by atoms with E-state index in [2.05, 4.69) is 4.98 Å². The molecule has 5 rings (SSSR count). The molecule has 0 saturated carbocycles. The Labute approximate surface area is 228 Å². The molecule has 9 nitrogen and oxygen atoms in total. The van der Waals surface area contributed by atoms with Crippen LogP contribution in [0.25, 0.3) is 10.9 Å². The van der Waals surface area contributed by atoms with Crippen molar-refractivity contribution in [2.75, 3.05) is 51.0 Å². The quantitative estimate of drug-likeness (QED) is 0.371. The van der Waals surface area contributed by atoms with Crippen molar-refractivity contribution < 1.29 is 19.0 Å². The number of methoxy groups -OCH3 is 2. The summed E-state index contributed by atoms with van der Waals surface area (Å²) in [5, 5.41) is 0.700. The van der Waals surface area contributed by atoms with Crippen molar-refractivity contribution in [3.05, 3.63) is 77.4 Å². The van der Waals surface area contributed by atoms with Gasteiger partial charge in [-0.15, -0.1) is 0 Å². The van der Waals surface area contributed by atoms with Gasteiger partial charge in [0, 0.05) is 43.2 Å². The molecular weight excluding hydrogens is 494 g/mol. The van der Waals surface area contributed by atoms with Crippen molar-refractivity contribution >= 4 is 28.6 Å². The molecule has 0 spiro atoms. The van der Waals surface area contributed by atoms with Gasteiger partial charge in [-0.1, -0.05) is 30.3 Å². The summed E-state index contributed by atoms with van der Waals surface area (Å²) < 4.78 is 17.0. The van der Waals surface area contributed by atoms with Crippen molar-refractivity contribution in [3.8, 4) is 17.2 Å². The molecule has 1 fully saturated rings. The van der Waals surface area contributed by atoms with E-state index < -0.39 is 0 Å². The van der Waals surface area contributed by atoms with E-state index in [4.69, 9.17) is 24.9 Å². The number of anilines is 2. The van der Waals surface area contributed by atoms with Crippen molar-refractivity contribution in [3.63, 3.8) is 0 Å². The smallest absolute Gasteiger partial charge is 0.253 e. The third kappa shape index (κ3) is 5.38. The molecule has 4 aromatic rings. The van der Waals surface area contributed by atoms with Crippen LogP contribution in [0.5, 0.6) is 17.2 Å². The zero-order valence-corrected chi connectivity index (χ0v) is 22.7. The Morgan fingerprint density at radius 1 is 0.897 bits per heavy atom. The minimum absolute atomic E-state index is 0.00353. The number of nitrogens with two attached hydrogens (primary N) is 1. The van der Waals surface area contributed by atoms with Crippen LogP contribution >= 0.6 is 0 Å². The molecule has 1 saturated heterocycles. The molecule has 2 heterocycles. The molecular formula is C30H33N5O4. The molecule has 3 aromatic carbocycles. The fourth-order valence-corrected chi connectivity index (χ4v) is 4.80. The zero-order chi connectivity index (χ0) is 27.5. The molecule has 39 heavy (non-hydrogen) atoms. The summed E-state index contributed by atoms with van der Waals surface area (Å²) >= 11 is 0. The molecule has 9 heteroatoms. The lowest BCUT2D eigenvalue weighted by atomic mass is 10.1. The van der Waals surface area contributed by atoms with Crippen LogP contribution < -0.4 is 24.8 Å². The number of nitrogens with zero attached hydrogens (tertiary/aromatic N) is 4. The Morgan fingerprint density at radius 2 is 1.59 bits per heavy atom. The average molecular weight is 528 g/mol. The Bertz CT molecular complexity index is 1490. The van der Waals surface area contributed by atoms with Crippen molar-refractivity contribution in [2.45, 2.75) is 20.0 Å². The van der Waals surface area contributed by atoms with Gasteiger partial charge in [-0.2, -0.15) is 4.98 Å². The van der Waals surface area contributed by atoms with Gasteiger partial charge in [0.1, 0.15) is 17.7 Å². The maximum Gasteiger partial charge on any atom is 0.253 e. The first-order valence-corrected chi connectivity index (χ1v) is 12.9. The van der Waals surface area contributed by atoms with E-state index in [0.717, 1.165) is 16.9 Å². The van der Waals surface area contributed by atoms with E-state index in [1.807, 2.05) is 72.2 Å². The first-order chi connectivity index (χ1) is 18.9. The molecule has 0 bridgehead atoms. The number of piperazine rings is 1. The summed E-state index contributed by atoms with van der Waals surface area (Å²) in [6, 6.07) is 19.3. The highest BCUT2D eigenvalue weighted by atomic mass is 16.5. The fraction of sp³-hybridized carbons (Fsp3) is 0.300. The molecule has 1 atom stereocenters. The number of rotatable bonds is 7. The topological polar surface area (TPSA) is 103 Å². The summed E-state index contributed by atoms with van der Waals surface area (Å²) in [5.74, 6) is 2.81. The molecule has 1 aliphatic rings. The van der Waals surface area contributed by atoms with Crippen LogP contribution in [-0.4, -0.2) is 61.2 Å². The standard InChI is InChI=1S/C30H33N5O4/c1-19-16-22(10-11-25(19)39-20(2)21-8-6-5-7-9-21)29(36)34-12-14-35(15-13-34)30-32-24-18-27(38-4)26(37-3)17-23(24)28(31)33-30/h5-11,16-18,20H,12-15H2,1-4H3,(H2,31,32,33). The lowest BCUT2D eigenvalue weighted by Gasteiger charge is -2.35. The highest BCUT2D eigenvalue weighted by Gasteiger charge is 2.25. The molecule has 0 aliphatic carbocycles. The van der Waals surface area contributed by atoms with E-state index in [9.17, 15) is 4.79 Å². The summed E-state index contributed by atoms with van der Waals surface area (Å²) in [7, 11) is 3.16. The number of hydrogen-bond acceptors (Lipinski definition) is 8. The van der Waals surface area contributed by atoms with Gasteiger partial charge < -0.3 is 29.7 Å². The van der Waals surface area contributed by atoms with E-state index in [0.29, 0.717) is 65.9 Å². The normalized spacial score (nSPS) is 14.3. The molecule has 1 unspecified atom stereocenters. The van der Waals surface area contributed by atoms with Crippen LogP contribution in [0.4, 0.5) is 11.8 Å². The third-order valence-electron chi connectivity index (χ3n) is 7.06. The minimum Gasteiger partial charge on any atom is -0.493 e. The molecule has 1 aromatic heterocycles. The van der Waals surface area contributed by atoms with Crippen LogP contribution in [0.1, 0.15) is 34.5 Å². The predicted octanol–water partition coefficient (Wildman–Crippen LogP) is 4.64. The van der Waals surface area contributed by atoms with Crippen molar-refractivity contribution in [1.82, 2.24) is 14.9 Å². The van der Waals surface area contributed by atoms with E-state index in [1.165, 1.54) is 0 Å². The molecule has 1 amide bonds. The lowest BCUT2D eigenvalue weighted by molar-refractivity contribution is 0.0746. The number of aryl methyl sites for hydroxylation is 1. The second kappa shape index (κ2) is 11.1. The SMILES string of the molecule is COc1cc2nc(N3CCN(C(=O)c4ccc(OC(C)c5ccccc5)c(C)c4)CC3)nc(N)c2cc1OC. The number of hydrogen-bond donors (Lipinski definition) is 1. The number of carbonyl (C=O) groups is 1. The lowest BCUT2D eigenvalue weighted by Crippen LogP contribution is -2.49. The average Bonchev–Trinajstić information content (AvgIpc) is 2.97. The van der Waals surface area contributed by atoms with Gasteiger partial charge in [-0.25, -0.2) is 4.98 Å². The van der Waals surface area contributed by atoms with Gasteiger partial charge in [0.25, 0.3) is 5.91 Å². The maximum absolute atomic E-state index is 13.3. The largest absolute Gasteiger partial charge is 0.493 e. The Balaban J connectivity index is 1.25. The van der Waals surface area contributed by atoms with Crippen LogP contribution in [0.15, 0.2) is 60.7 Å². The number of carbonyl (C=O) groups excluding carboxylic acids is 1. The van der Waals surface area contributed by atoms with Crippen LogP contribution in [-0.2, 0) is 0 Å². The van der Waals surface area contributed by atoms with Crippen LogP contribution in [0.2, 0.25) is 0 Å². The number of aromatic nitrogens is 2. The second-order valence-electron chi connectivity index (χ2n) is 9.56. The van der Waals surface area contributed by atoms with Gasteiger partial charge in [0.15, 0.2) is 11.5 Å². The first-order valence-electron chi connectivity index (χ1n) is 12.9. The third-order valence-corrected chi connectivity index (χ3v) is 7.06. The molecule has 2 N–H and O–H groups in total. The Kier molecular flexibility index (Phi) is 7.40. The van der Waals surface area contributed by atoms with Gasteiger partial charge in [-0.3, -0.25) is 4.79 Å². The van der Waals surface area contributed by atoms with Crippen LogP contribution in [0.3, 0.4) is 0 Å². The molecule has 1 aliphatic heterocycles. The highest BCUT2D eigenvalue weighted by Crippen LogP contribution is 2.34.